The third-order valence-corrected chi connectivity index (χ3v) is 2.76. The van der Waals surface area contributed by atoms with Gasteiger partial charge in [0, 0.05) is 13.7 Å². The zero-order valence-electron chi connectivity index (χ0n) is 11.5. The number of carboxylic acid groups (broad SMARTS) is 1. The highest BCUT2D eigenvalue weighted by Gasteiger charge is 2.19. The van der Waals surface area contributed by atoms with Gasteiger partial charge in [0.25, 0.3) is 0 Å². The van der Waals surface area contributed by atoms with E-state index >= 15 is 0 Å². The van der Waals surface area contributed by atoms with Gasteiger partial charge in [-0.2, -0.15) is 0 Å². The number of benzene rings is 1. The second-order valence-corrected chi connectivity index (χ2v) is 4.31. The highest BCUT2D eigenvalue weighted by Crippen LogP contribution is 2.05. The van der Waals surface area contributed by atoms with Gasteiger partial charge in [0.15, 0.2) is 0 Å². The fourth-order valence-corrected chi connectivity index (χ4v) is 1.69. The number of carbonyl (C=O) groups excluding carboxylic acids is 1. The summed E-state index contributed by atoms with van der Waals surface area (Å²) in [5, 5.41) is 14.1. The monoisotopic (exact) mass is 280 g/mol. The van der Waals surface area contributed by atoms with E-state index in [0.29, 0.717) is 26.0 Å². The molecule has 0 fully saturated rings. The van der Waals surface area contributed by atoms with Crippen molar-refractivity contribution in [1.29, 1.82) is 0 Å². The molecule has 0 spiro atoms. The van der Waals surface area contributed by atoms with Crippen LogP contribution in [0.4, 0.5) is 4.79 Å². The zero-order chi connectivity index (χ0) is 14.8. The van der Waals surface area contributed by atoms with Gasteiger partial charge in [0.2, 0.25) is 0 Å². The molecule has 0 bridgehead atoms. The van der Waals surface area contributed by atoms with Gasteiger partial charge in [-0.25, -0.2) is 9.59 Å². The van der Waals surface area contributed by atoms with Crippen LogP contribution in [0.15, 0.2) is 30.3 Å². The van der Waals surface area contributed by atoms with Crippen LogP contribution in [-0.4, -0.2) is 43.4 Å². The van der Waals surface area contributed by atoms with Gasteiger partial charge in [0.1, 0.15) is 6.04 Å². The van der Waals surface area contributed by atoms with E-state index in [-0.39, 0.29) is 0 Å². The van der Waals surface area contributed by atoms with Crippen LogP contribution in [0, 0.1) is 0 Å². The Morgan fingerprint density at radius 1 is 1.30 bits per heavy atom. The van der Waals surface area contributed by atoms with Crippen LogP contribution in [0.5, 0.6) is 0 Å². The number of ether oxygens (including phenoxy) is 1. The second-order valence-electron chi connectivity index (χ2n) is 4.31. The first-order chi connectivity index (χ1) is 9.63. The third kappa shape index (κ3) is 6.19. The van der Waals surface area contributed by atoms with Gasteiger partial charge in [-0.15, -0.1) is 0 Å². The predicted molar refractivity (Wildman–Crippen MR) is 74.6 cm³/mol. The first kappa shape index (κ1) is 16.0. The summed E-state index contributed by atoms with van der Waals surface area (Å²) in [6.45, 7) is 0.725. The van der Waals surface area contributed by atoms with Crippen molar-refractivity contribution in [3.8, 4) is 0 Å². The molecule has 1 rings (SSSR count). The standard InChI is InChI=1S/C14H20N2O4/c1-20-10-9-15-14(19)16-12(13(17)18)8-7-11-5-3-2-4-6-11/h2-6,12H,7-10H2,1H3,(H,17,18)(H2,15,16,19). The average Bonchev–Trinajstić information content (AvgIpc) is 2.44. The molecule has 1 atom stereocenters. The Labute approximate surface area is 118 Å². The lowest BCUT2D eigenvalue weighted by Gasteiger charge is -2.15. The van der Waals surface area contributed by atoms with Crippen LogP contribution in [0.2, 0.25) is 0 Å². The number of urea groups is 1. The molecule has 1 aromatic carbocycles. The molecule has 0 radical (unpaired) electrons. The number of hydrogen-bond donors (Lipinski definition) is 3. The lowest BCUT2D eigenvalue weighted by molar-refractivity contribution is -0.139. The van der Waals surface area contributed by atoms with E-state index in [9.17, 15) is 9.59 Å². The molecule has 0 aliphatic rings. The molecule has 0 aromatic heterocycles. The fraction of sp³-hybridized carbons (Fsp3) is 0.429. The maximum absolute atomic E-state index is 11.5. The number of aliphatic carboxylic acids is 1. The van der Waals surface area contributed by atoms with Crippen LogP contribution in [0.25, 0.3) is 0 Å². The number of rotatable bonds is 8. The first-order valence-corrected chi connectivity index (χ1v) is 6.43. The quantitative estimate of drug-likeness (QED) is 0.620. The lowest BCUT2D eigenvalue weighted by atomic mass is 10.1. The average molecular weight is 280 g/mol. The maximum atomic E-state index is 11.5. The number of carbonyl (C=O) groups is 2. The predicted octanol–water partition coefficient (Wildman–Crippen LogP) is 1.02. The Morgan fingerprint density at radius 2 is 2.00 bits per heavy atom. The van der Waals surface area contributed by atoms with Crippen molar-refractivity contribution >= 4 is 12.0 Å². The Balaban J connectivity index is 2.40. The first-order valence-electron chi connectivity index (χ1n) is 6.43. The van der Waals surface area contributed by atoms with Gasteiger partial charge in [-0.1, -0.05) is 30.3 Å². The van der Waals surface area contributed by atoms with E-state index in [1.807, 2.05) is 30.3 Å². The molecular weight excluding hydrogens is 260 g/mol. The maximum Gasteiger partial charge on any atom is 0.326 e. The molecule has 0 saturated heterocycles. The number of amides is 2. The van der Waals surface area contributed by atoms with Gasteiger partial charge >= 0.3 is 12.0 Å². The van der Waals surface area contributed by atoms with Crippen LogP contribution in [0.3, 0.4) is 0 Å². The fourth-order valence-electron chi connectivity index (χ4n) is 1.69. The van der Waals surface area contributed by atoms with Crippen molar-refractivity contribution in [2.75, 3.05) is 20.3 Å². The summed E-state index contributed by atoms with van der Waals surface area (Å²) < 4.78 is 4.79. The smallest absolute Gasteiger partial charge is 0.326 e. The van der Waals surface area contributed by atoms with Crippen molar-refractivity contribution < 1.29 is 19.4 Å². The van der Waals surface area contributed by atoms with Gasteiger partial charge < -0.3 is 20.5 Å². The summed E-state index contributed by atoms with van der Waals surface area (Å²) in [6, 6.07) is 8.15. The van der Waals surface area contributed by atoms with Crippen LogP contribution < -0.4 is 10.6 Å². The van der Waals surface area contributed by atoms with Crippen LogP contribution in [0.1, 0.15) is 12.0 Å². The van der Waals surface area contributed by atoms with E-state index < -0.39 is 18.0 Å². The highest BCUT2D eigenvalue weighted by molar-refractivity contribution is 5.82. The molecular formula is C14H20N2O4. The van der Waals surface area contributed by atoms with Crippen molar-refractivity contribution in [3.05, 3.63) is 35.9 Å². The summed E-state index contributed by atoms with van der Waals surface area (Å²) in [5.74, 6) is -1.04. The largest absolute Gasteiger partial charge is 0.480 e. The number of hydrogen-bond acceptors (Lipinski definition) is 3. The molecule has 20 heavy (non-hydrogen) atoms. The van der Waals surface area contributed by atoms with Gasteiger partial charge in [-0.3, -0.25) is 0 Å². The molecule has 3 N–H and O–H groups in total. The Hall–Kier alpha value is -2.08. The van der Waals surface area contributed by atoms with Crippen LogP contribution >= 0.6 is 0 Å². The molecule has 6 nitrogen and oxygen atoms in total. The lowest BCUT2D eigenvalue weighted by Crippen LogP contribution is -2.46. The molecule has 6 heteroatoms. The van der Waals surface area contributed by atoms with Crippen LogP contribution in [-0.2, 0) is 16.0 Å². The van der Waals surface area contributed by atoms with Crippen molar-refractivity contribution in [1.82, 2.24) is 10.6 Å². The minimum Gasteiger partial charge on any atom is -0.480 e. The normalized spacial score (nSPS) is 11.7. The number of methoxy groups -OCH3 is 1. The number of carboxylic acids is 1. The molecule has 0 saturated carbocycles. The summed E-state index contributed by atoms with van der Waals surface area (Å²) in [5.41, 5.74) is 1.04. The summed E-state index contributed by atoms with van der Waals surface area (Å²) in [7, 11) is 1.53. The Kier molecular flexibility index (Phi) is 7.13. The summed E-state index contributed by atoms with van der Waals surface area (Å²) in [6.07, 6.45) is 0.938. The second kappa shape index (κ2) is 8.92. The minimum atomic E-state index is -1.04. The van der Waals surface area contributed by atoms with Crippen molar-refractivity contribution in [3.63, 3.8) is 0 Å². The Bertz CT molecular complexity index is 422. The third-order valence-electron chi connectivity index (χ3n) is 2.76. The molecule has 110 valence electrons. The number of aryl methyl sites for hydroxylation is 1. The zero-order valence-corrected chi connectivity index (χ0v) is 11.5. The molecule has 1 aromatic rings. The van der Waals surface area contributed by atoms with Crippen molar-refractivity contribution in [2.45, 2.75) is 18.9 Å². The van der Waals surface area contributed by atoms with E-state index in [1.54, 1.807) is 0 Å². The Morgan fingerprint density at radius 3 is 2.60 bits per heavy atom. The van der Waals surface area contributed by atoms with E-state index in [1.165, 1.54) is 7.11 Å². The van der Waals surface area contributed by atoms with Gasteiger partial charge in [-0.05, 0) is 18.4 Å². The summed E-state index contributed by atoms with van der Waals surface area (Å²) >= 11 is 0. The molecule has 1 unspecified atom stereocenters. The topological polar surface area (TPSA) is 87.7 Å². The molecule has 0 aliphatic carbocycles. The van der Waals surface area contributed by atoms with E-state index in [4.69, 9.17) is 9.84 Å². The SMILES string of the molecule is COCCNC(=O)NC(CCc1ccccc1)C(=O)O. The molecule has 2 amide bonds. The number of nitrogens with one attached hydrogen (secondary N) is 2. The molecule has 0 aliphatic heterocycles. The van der Waals surface area contributed by atoms with E-state index in [0.717, 1.165) is 5.56 Å². The molecule has 0 heterocycles. The van der Waals surface area contributed by atoms with Gasteiger partial charge in [0.05, 0.1) is 6.61 Å². The minimum absolute atomic E-state index is 0.341. The highest BCUT2D eigenvalue weighted by atomic mass is 16.5. The van der Waals surface area contributed by atoms with Crippen molar-refractivity contribution in [2.24, 2.45) is 0 Å². The summed E-state index contributed by atoms with van der Waals surface area (Å²) in [4.78, 5) is 22.6. The van der Waals surface area contributed by atoms with E-state index in [2.05, 4.69) is 10.6 Å².